The Morgan fingerprint density at radius 2 is 1.64 bits per heavy atom. The van der Waals surface area contributed by atoms with Crippen molar-refractivity contribution in [2.24, 2.45) is 0 Å². The van der Waals surface area contributed by atoms with Crippen molar-refractivity contribution in [1.82, 2.24) is 14.3 Å². The molecule has 1 aromatic heterocycles. The summed E-state index contributed by atoms with van der Waals surface area (Å²) in [5.41, 5.74) is 2.04. The first-order valence-corrected chi connectivity index (χ1v) is 14.0. The number of sulfonamides is 1. The van der Waals surface area contributed by atoms with Crippen LogP contribution in [0.3, 0.4) is 0 Å². The van der Waals surface area contributed by atoms with E-state index in [2.05, 4.69) is 23.8 Å². The van der Waals surface area contributed by atoms with Gasteiger partial charge in [0.05, 0.1) is 32.6 Å². The molecular formula is C25H28Cl2N4O4S. The van der Waals surface area contributed by atoms with E-state index in [0.29, 0.717) is 58.9 Å². The SMILES string of the molecule is CCOC(=O)c1nc2cc(Cl)c(Cl)cc2nc1N1CCCN(S(=O)(=O)c2ccc(C(C)C)cc2)CC1. The summed E-state index contributed by atoms with van der Waals surface area (Å²) in [5, 5.41) is 0.628. The molecule has 0 unspecified atom stereocenters. The molecule has 1 aliphatic heterocycles. The van der Waals surface area contributed by atoms with Gasteiger partial charge in [0.2, 0.25) is 10.0 Å². The molecule has 0 saturated carbocycles. The van der Waals surface area contributed by atoms with Gasteiger partial charge in [-0.3, -0.25) is 0 Å². The fraction of sp³-hybridized carbons (Fsp3) is 0.400. The van der Waals surface area contributed by atoms with Crippen molar-refractivity contribution in [1.29, 1.82) is 0 Å². The van der Waals surface area contributed by atoms with Crippen LogP contribution in [0.2, 0.25) is 10.0 Å². The van der Waals surface area contributed by atoms with E-state index in [1.54, 1.807) is 31.2 Å². The molecule has 0 bridgehead atoms. The Hall–Kier alpha value is -2.46. The Bertz CT molecular complexity index is 1380. The smallest absolute Gasteiger partial charge is 0.360 e. The average Bonchev–Trinajstić information content (AvgIpc) is 3.11. The third kappa shape index (κ3) is 5.44. The van der Waals surface area contributed by atoms with E-state index in [4.69, 9.17) is 27.9 Å². The molecule has 11 heteroatoms. The number of rotatable bonds is 6. The molecule has 1 fully saturated rings. The van der Waals surface area contributed by atoms with Gasteiger partial charge in [0.15, 0.2) is 11.5 Å². The third-order valence-electron chi connectivity index (χ3n) is 6.10. The summed E-state index contributed by atoms with van der Waals surface area (Å²) in [6.45, 7) is 7.43. The van der Waals surface area contributed by atoms with E-state index in [0.717, 1.165) is 5.56 Å². The fourth-order valence-electron chi connectivity index (χ4n) is 4.12. The van der Waals surface area contributed by atoms with Gasteiger partial charge in [0, 0.05) is 26.2 Å². The van der Waals surface area contributed by atoms with Crippen molar-refractivity contribution < 1.29 is 17.9 Å². The summed E-state index contributed by atoms with van der Waals surface area (Å²) < 4.78 is 33.4. The summed E-state index contributed by atoms with van der Waals surface area (Å²) in [6.07, 6.45) is 0.548. The van der Waals surface area contributed by atoms with E-state index in [-0.39, 0.29) is 23.7 Å². The second-order valence-electron chi connectivity index (χ2n) is 8.84. The zero-order valence-electron chi connectivity index (χ0n) is 20.4. The number of nitrogens with zero attached hydrogens (tertiary/aromatic N) is 4. The summed E-state index contributed by atoms with van der Waals surface area (Å²) in [5.74, 6) is 0.0443. The molecule has 2 aromatic carbocycles. The van der Waals surface area contributed by atoms with Crippen LogP contribution in [0.5, 0.6) is 0 Å². The van der Waals surface area contributed by atoms with Gasteiger partial charge in [-0.05, 0) is 49.1 Å². The molecule has 0 amide bonds. The van der Waals surface area contributed by atoms with Crippen molar-refractivity contribution in [2.45, 2.75) is 38.0 Å². The quantitative estimate of drug-likeness (QED) is 0.392. The van der Waals surface area contributed by atoms with Crippen LogP contribution >= 0.6 is 23.2 Å². The first-order valence-electron chi connectivity index (χ1n) is 11.8. The van der Waals surface area contributed by atoms with Gasteiger partial charge < -0.3 is 9.64 Å². The van der Waals surface area contributed by atoms with E-state index in [1.165, 1.54) is 4.31 Å². The Morgan fingerprint density at radius 1 is 1.00 bits per heavy atom. The minimum atomic E-state index is -3.67. The fourth-order valence-corrected chi connectivity index (χ4v) is 5.90. The van der Waals surface area contributed by atoms with Crippen LogP contribution in [0.15, 0.2) is 41.3 Å². The van der Waals surface area contributed by atoms with Crippen LogP contribution in [0.25, 0.3) is 11.0 Å². The average molecular weight is 551 g/mol. The normalized spacial score (nSPS) is 15.3. The number of benzene rings is 2. The van der Waals surface area contributed by atoms with Gasteiger partial charge >= 0.3 is 5.97 Å². The molecule has 36 heavy (non-hydrogen) atoms. The van der Waals surface area contributed by atoms with Crippen LogP contribution in [-0.2, 0) is 14.8 Å². The lowest BCUT2D eigenvalue weighted by Gasteiger charge is -2.24. The Labute approximate surface area is 221 Å². The van der Waals surface area contributed by atoms with Crippen LogP contribution in [-0.4, -0.2) is 61.4 Å². The van der Waals surface area contributed by atoms with E-state index >= 15 is 0 Å². The number of hydrogen-bond acceptors (Lipinski definition) is 7. The molecule has 0 atom stereocenters. The van der Waals surface area contributed by atoms with E-state index < -0.39 is 16.0 Å². The van der Waals surface area contributed by atoms with Crippen LogP contribution in [0.1, 0.15) is 49.2 Å². The van der Waals surface area contributed by atoms with Crippen molar-refractivity contribution in [2.75, 3.05) is 37.7 Å². The number of hydrogen-bond donors (Lipinski definition) is 0. The highest BCUT2D eigenvalue weighted by molar-refractivity contribution is 7.89. The molecule has 4 rings (SSSR count). The Balaban J connectivity index is 1.64. The Morgan fingerprint density at radius 3 is 2.25 bits per heavy atom. The van der Waals surface area contributed by atoms with Crippen LogP contribution < -0.4 is 4.90 Å². The summed E-state index contributed by atoms with van der Waals surface area (Å²) in [6, 6.07) is 10.2. The molecule has 8 nitrogen and oxygen atoms in total. The van der Waals surface area contributed by atoms with Gasteiger partial charge in [-0.15, -0.1) is 0 Å². The van der Waals surface area contributed by atoms with Gasteiger partial charge in [0.1, 0.15) is 0 Å². The molecule has 2 heterocycles. The van der Waals surface area contributed by atoms with Gasteiger partial charge in [-0.2, -0.15) is 4.31 Å². The topological polar surface area (TPSA) is 92.7 Å². The van der Waals surface area contributed by atoms with Gasteiger partial charge in [-0.25, -0.2) is 23.2 Å². The second kappa shape index (κ2) is 10.9. The molecular weight excluding hydrogens is 523 g/mol. The third-order valence-corrected chi connectivity index (χ3v) is 8.73. The molecule has 0 aliphatic carbocycles. The first kappa shape index (κ1) is 26.6. The van der Waals surface area contributed by atoms with Crippen molar-refractivity contribution in [3.05, 3.63) is 57.7 Å². The number of halogens is 2. The zero-order chi connectivity index (χ0) is 26.0. The molecule has 0 radical (unpaired) electrons. The summed E-state index contributed by atoms with van der Waals surface area (Å²) >= 11 is 12.3. The number of carbonyl (C=O) groups excluding carboxylic acids is 1. The number of ether oxygens (including phenoxy) is 1. The largest absolute Gasteiger partial charge is 0.461 e. The van der Waals surface area contributed by atoms with Gasteiger partial charge in [-0.1, -0.05) is 49.2 Å². The van der Waals surface area contributed by atoms with Crippen LogP contribution in [0, 0.1) is 0 Å². The molecule has 1 saturated heterocycles. The van der Waals surface area contributed by atoms with Crippen LogP contribution in [0.4, 0.5) is 5.82 Å². The number of fused-ring (bicyclic) bond motifs is 1. The standard InChI is InChI=1S/C25H28Cl2N4O4S/c1-4-35-25(32)23-24(29-22-15-20(27)19(26)14-21(22)28-23)30-10-5-11-31(13-12-30)36(33,34)18-8-6-17(7-9-18)16(2)3/h6-9,14-16H,4-5,10-13H2,1-3H3. The lowest BCUT2D eigenvalue weighted by molar-refractivity contribution is 0.0520. The first-order chi connectivity index (χ1) is 17.1. The lowest BCUT2D eigenvalue weighted by atomic mass is 10.0. The maximum absolute atomic E-state index is 13.3. The van der Waals surface area contributed by atoms with Crippen molar-refractivity contribution >= 4 is 56.0 Å². The second-order valence-corrected chi connectivity index (χ2v) is 11.6. The summed E-state index contributed by atoms with van der Waals surface area (Å²) in [4.78, 5) is 24.1. The molecule has 1 aliphatic rings. The van der Waals surface area contributed by atoms with Gasteiger partial charge in [0.25, 0.3) is 0 Å². The highest BCUT2D eigenvalue weighted by Crippen LogP contribution is 2.30. The minimum absolute atomic E-state index is 0.0586. The van der Waals surface area contributed by atoms with E-state index in [1.807, 2.05) is 17.0 Å². The number of esters is 1. The number of carbonyl (C=O) groups is 1. The van der Waals surface area contributed by atoms with E-state index in [9.17, 15) is 13.2 Å². The Kier molecular flexibility index (Phi) is 8.04. The minimum Gasteiger partial charge on any atom is -0.461 e. The maximum Gasteiger partial charge on any atom is 0.360 e. The molecule has 3 aromatic rings. The lowest BCUT2D eigenvalue weighted by Crippen LogP contribution is -2.36. The van der Waals surface area contributed by atoms with Crippen molar-refractivity contribution in [3.63, 3.8) is 0 Å². The zero-order valence-corrected chi connectivity index (χ0v) is 22.7. The predicted molar refractivity (Wildman–Crippen MR) is 142 cm³/mol. The monoisotopic (exact) mass is 550 g/mol. The molecule has 0 N–H and O–H groups in total. The number of aromatic nitrogens is 2. The van der Waals surface area contributed by atoms with Crippen molar-refractivity contribution in [3.8, 4) is 0 Å². The summed E-state index contributed by atoms with van der Waals surface area (Å²) in [7, 11) is -3.67. The predicted octanol–water partition coefficient (Wildman–Crippen LogP) is 5.14. The molecule has 192 valence electrons. The highest BCUT2D eigenvalue weighted by Gasteiger charge is 2.30. The number of anilines is 1. The highest BCUT2D eigenvalue weighted by atomic mass is 35.5. The molecule has 0 spiro atoms. The maximum atomic E-state index is 13.3.